The molecule has 0 aliphatic rings. The third-order valence-electron chi connectivity index (χ3n) is 0.136. The molecule has 0 amide bonds. The van der Waals surface area contributed by atoms with Crippen LogP contribution in [0, 0.1) is 6.54 Å². The molecule has 0 bridgehead atoms. The Morgan fingerprint density at radius 3 is 2.00 bits per heavy atom. The van der Waals surface area contributed by atoms with Crippen molar-refractivity contribution in [3.8, 4) is 0 Å². The molecule has 2 N–H and O–H groups in total. The van der Waals surface area contributed by atoms with Gasteiger partial charge in [-0.2, -0.15) is 6.54 Å². The first-order chi connectivity index (χ1) is 1.91. The summed E-state index contributed by atoms with van der Waals surface area (Å²) in [5.74, 6) is 0. The maximum atomic E-state index is 4.78. The van der Waals surface area contributed by atoms with Gasteiger partial charge in [-0.1, -0.05) is 0 Å². The molecule has 24 valence electrons. The van der Waals surface area contributed by atoms with Crippen molar-refractivity contribution in [1.82, 2.24) is 0 Å². The van der Waals surface area contributed by atoms with E-state index in [4.69, 9.17) is 5.73 Å². The Hall–Kier alpha value is 0.570. The fourth-order valence-corrected chi connectivity index (χ4v) is 0. The molecule has 0 rings (SSSR count). The van der Waals surface area contributed by atoms with E-state index in [1.165, 1.54) is 12.6 Å². The van der Waals surface area contributed by atoms with Crippen LogP contribution in [0.15, 0.2) is 12.7 Å². The predicted octanol–water partition coefficient (Wildman–Crippen LogP) is -2.70. The van der Waals surface area contributed by atoms with E-state index < -0.39 is 0 Å². The fourth-order valence-electron chi connectivity index (χ4n) is 0. The van der Waals surface area contributed by atoms with E-state index in [0.717, 1.165) is 0 Å². The van der Waals surface area contributed by atoms with Gasteiger partial charge in [-0.3, -0.25) is 0 Å². The maximum Gasteiger partial charge on any atom is 1.00 e. The molecule has 0 aromatic rings. The first-order valence-electron chi connectivity index (χ1n) is 1.07. The fraction of sp³-hybridized carbons (Fsp3) is 0. The van der Waals surface area contributed by atoms with Crippen LogP contribution in [0.4, 0.5) is 0 Å². The Kier molecular flexibility index (Phi) is 16.1. The van der Waals surface area contributed by atoms with Crippen LogP contribution >= 0.6 is 0 Å². The largest absolute Gasteiger partial charge is 1.00 e. The molecule has 0 heterocycles. The van der Waals surface area contributed by atoms with Crippen molar-refractivity contribution in [3.05, 3.63) is 19.2 Å². The van der Waals surface area contributed by atoms with E-state index in [-0.39, 0.29) is 29.6 Å². The van der Waals surface area contributed by atoms with Crippen LogP contribution < -0.4 is 35.3 Å². The van der Waals surface area contributed by atoms with Gasteiger partial charge in [0.25, 0.3) is 0 Å². The molecular weight excluding hydrogens is 73.0 g/mol. The van der Waals surface area contributed by atoms with Crippen molar-refractivity contribution in [3.63, 3.8) is 0 Å². The Morgan fingerprint density at radius 2 is 2.00 bits per heavy atom. The average molecular weight is 79.1 g/mol. The van der Waals surface area contributed by atoms with Gasteiger partial charge in [0.1, 0.15) is 0 Å². The van der Waals surface area contributed by atoms with Crippen molar-refractivity contribution in [2.45, 2.75) is 0 Å². The normalized spacial score (nSPS) is 4.20. The van der Waals surface area contributed by atoms with E-state index >= 15 is 0 Å². The Morgan fingerprint density at radius 1 is 1.80 bits per heavy atom. The molecule has 0 atom stereocenters. The van der Waals surface area contributed by atoms with E-state index in [9.17, 15) is 0 Å². The molecule has 0 aromatic carbocycles. The molecule has 0 fully saturated rings. The number of hydrogen-bond acceptors (Lipinski definition) is 1. The molecule has 0 spiro atoms. The van der Waals surface area contributed by atoms with E-state index in [1.807, 2.05) is 0 Å². The Balaban J connectivity index is 0. The molecular formula is C3H6NNa. The molecule has 0 unspecified atom stereocenters. The summed E-state index contributed by atoms with van der Waals surface area (Å²) in [5.41, 5.74) is 4.78. The first-order valence-corrected chi connectivity index (χ1v) is 1.07. The van der Waals surface area contributed by atoms with Gasteiger partial charge in [-0.05, 0) is 0 Å². The second kappa shape index (κ2) is 8.82. The van der Waals surface area contributed by atoms with Gasteiger partial charge in [0, 0.05) is 0 Å². The summed E-state index contributed by atoms with van der Waals surface area (Å²) in [6.45, 7) is 4.69. The smallest absolute Gasteiger partial charge is 0.387 e. The molecule has 0 aliphatic carbocycles. The molecule has 0 saturated carbocycles. The topological polar surface area (TPSA) is 26.0 Å². The second-order valence-corrected chi connectivity index (χ2v) is 0.428. The number of rotatable bonds is 1. The number of hydrogen-bond donors (Lipinski definition) is 1. The van der Waals surface area contributed by atoms with Gasteiger partial charge in [-0.15, -0.1) is 0 Å². The SMILES string of the molecule is C=C[CH-]N.[Na+]. The van der Waals surface area contributed by atoms with Crippen LogP contribution in [0.1, 0.15) is 0 Å². The van der Waals surface area contributed by atoms with Crippen LogP contribution in [0.5, 0.6) is 0 Å². The summed E-state index contributed by atoms with van der Waals surface area (Å²) >= 11 is 0. The van der Waals surface area contributed by atoms with Crippen LogP contribution in [0.25, 0.3) is 0 Å². The second-order valence-electron chi connectivity index (χ2n) is 0.428. The van der Waals surface area contributed by atoms with Crippen LogP contribution in [0.3, 0.4) is 0 Å². The predicted molar refractivity (Wildman–Crippen MR) is 18.7 cm³/mol. The Bertz CT molecular complexity index is 20.9. The van der Waals surface area contributed by atoms with Crippen molar-refractivity contribution in [2.24, 2.45) is 5.73 Å². The van der Waals surface area contributed by atoms with Gasteiger partial charge in [0.05, 0.1) is 0 Å². The van der Waals surface area contributed by atoms with Gasteiger partial charge < -0.3 is 5.73 Å². The monoisotopic (exact) mass is 79.0 g/mol. The minimum Gasteiger partial charge on any atom is -0.387 e. The van der Waals surface area contributed by atoms with E-state index in [1.54, 1.807) is 0 Å². The van der Waals surface area contributed by atoms with E-state index in [2.05, 4.69) is 6.58 Å². The quantitative estimate of drug-likeness (QED) is 0.268. The standard InChI is InChI=1S/C3H6N.Na/c1-2-3-4;/h2-3H,1,4H2;/q-1;+1. The first kappa shape index (κ1) is 9.13. The van der Waals surface area contributed by atoms with Crippen molar-refractivity contribution in [1.29, 1.82) is 0 Å². The maximum absolute atomic E-state index is 4.78. The average Bonchev–Trinajstić information content (AvgIpc) is 1.37. The minimum absolute atomic E-state index is 0. The summed E-state index contributed by atoms with van der Waals surface area (Å²) in [6.07, 6.45) is 1.53. The van der Waals surface area contributed by atoms with E-state index in [0.29, 0.717) is 0 Å². The molecule has 0 radical (unpaired) electrons. The zero-order valence-corrected chi connectivity index (χ0v) is 5.44. The molecule has 2 heteroatoms. The van der Waals surface area contributed by atoms with Gasteiger partial charge in [-0.25, -0.2) is 12.7 Å². The van der Waals surface area contributed by atoms with Crippen molar-refractivity contribution < 1.29 is 29.6 Å². The molecule has 5 heavy (non-hydrogen) atoms. The van der Waals surface area contributed by atoms with Crippen molar-refractivity contribution in [2.75, 3.05) is 0 Å². The summed E-state index contributed by atoms with van der Waals surface area (Å²) in [5, 5.41) is 0. The minimum atomic E-state index is 0. The summed E-state index contributed by atoms with van der Waals surface area (Å²) in [6, 6.07) is 0. The van der Waals surface area contributed by atoms with Crippen LogP contribution in [-0.2, 0) is 0 Å². The summed E-state index contributed by atoms with van der Waals surface area (Å²) < 4.78 is 0. The third kappa shape index (κ3) is 12.2. The molecule has 0 aromatic heterocycles. The van der Waals surface area contributed by atoms with Crippen LogP contribution in [-0.4, -0.2) is 0 Å². The third-order valence-corrected chi connectivity index (χ3v) is 0.136. The summed E-state index contributed by atoms with van der Waals surface area (Å²) in [7, 11) is 0. The molecule has 0 aliphatic heterocycles. The van der Waals surface area contributed by atoms with Gasteiger partial charge >= 0.3 is 29.6 Å². The zero-order valence-electron chi connectivity index (χ0n) is 3.44. The van der Waals surface area contributed by atoms with Crippen molar-refractivity contribution >= 4 is 0 Å². The van der Waals surface area contributed by atoms with Gasteiger partial charge in [0.15, 0.2) is 0 Å². The number of nitrogens with two attached hydrogens (primary N) is 1. The van der Waals surface area contributed by atoms with Gasteiger partial charge in [0.2, 0.25) is 0 Å². The molecule has 1 nitrogen and oxygen atoms in total. The van der Waals surface area contributed by atoms with Crippen LogP contribution in [0.2, 0.25) is 0 Å². The molecule has 0 saturated heterocycles. The Labute approximate surface area is 54.5 Å². The summed E-state index contributed by atoms with van der Waals surface area (Å²) in [4.78, 5) is 0. The zero-order chi connectivity index (χ0) is 3.41.